The van der Waals surface area contributed by atoms with Gasteiger partial charge in [0.15, 0.2) is 0 Å². The summed E-state index contributed by atoms with van der Waals surface area (Å²) in [5.41, 5.74) is 2.75. The maximum Gasteiger partial charge on any atom is 0.319 e. The van der Waals surface area contributed by atoms with Crippen molar-refractivity contribution in [3.8, 4) is 0 Å². The van der Waals surface area contributed by atoms with Crippen LogP contribution < -0.4 is 10.6 Å². The van der Waals surface area contributed by atoms with E-state index >= 15 is 0 Å². The molecule has 0 bridgehead atoms. The minimum Gasteiger partial charge on any atom is -0.390 e. The minimum absolute atomic E-state index is 0.110. The lowest BCUT2D eigenvalue weighted by atomic mass is 10.00. The summed E-state index contributed by atoms with van der Waals surface area (Å²) in [5, 5.41) is 15.2. The lowest BCUT2D eigenvalue weighted by Gasteiger charge is -2.30. The minimum atomic E-state index is -0.684. The molecular formula is C19H22FN3O2. The number of rotatable bonds is 5. The van der Waals surface area contributed by atoms with Gasteiger partial charge in [0, 0.05) is 26.2 Å². The Bertz CT molecular complexity index is 738. The molecule has 0 fully saturated rings. The molecule has 6 heteroatoms. The fourth-order valence-electron chi connectivity index (χ4n) is 3.01. The molecule has 3 N–H and O–H groups in total. The number of urea groups is 1. The van der Waals surface area contributed by atoms with E-state index < -0.39 is 18.0 Å². The lowest BCUT2D eigenvalue weighted by molar-refractivity contribution is 0.106. The molecule has 3 rings (SSSR count). The Morgan fingerprint density at radius 3 is 2.68 bits per heavy atom. The molecule has 1 aliphatic heterocycles. The predicted octanol–water partition coefficient (Wildman–Crippen LogP) is 2.37. The molecular weight excluding hydrogens is 321 g/mol. The van der Waals surface area contributed by atoms with Crippen LogP contribution in [-0.4, -0.2) is 41.8 Å². The molecule has 25 heavy (non-hydrogen) atoms. The van der Waals surface area contributed by atoms with E-state index in [2.05, 4.69) is 27.7 Å². The maximum atomic E-state index is 13.5. The van der Waals surface area contributed by atoms with Crippen molar-refractivity contribution in [1.82, 2.24) is 10.2 Å². The van der Waals surface area contributed by atoms with Crippen LogP contribution in [0.4, 0.5) is 14.9 Å². The number of nitrogens with one attached hydrogen (secondary N) is 2. The molecule has 5 nitrogen and oxygen atoms in total. The second kappa shape index (κ2) is 8.09. The SMILES string of the molecule is O=C(NC[C@H](O)CN1CCc2ccccc2C1)Nc1ccccc1F. The number of hydrogen-bond acceptors (Lipinski definition) is 3. The van der Waals surface area contributed by atoms with Crippen molar-refractivity contribution in [3.63, 3.8) is 0 Å². The van der Waals surface area contributed by atoms with E-state index in [4.69, 9.17) is 0 Å². The van der Waals surface area contributed by atoms with Gasteiger partial charge in [-0.15, -0.1) is 0 Å². The molecule has 2 aromatic carbocycles. The van der Waals surface area contributed by atoms with Crippen LogP contribution in [0.15, 0.2) is 48.5 Å². The van der Waals surface area contributed by atoms with Crippen LogP contribution in [-0.2, 0) is 13.0 Å². The van der Waals surface area contributed by atoms with Crippen molar-refractivity contribution in [2.45, 2.75) is 19.1 Å². The number of halogens is 1. The standard InChI is InChI=1S/C19H22FN3O2/c20-17-7-3-4-8-18(17)22-19(25)21-11-16(24)13-23-10-9-14-5-1-2-6-15(14)12-23/h1-8,16,24H,9-13H2,(H2,21,22,25)/t16-/m0/s1. The highest BCUT2D eigenvalue weighted by atomic mass is 19.1. The van der Waals surface area contributed by atoms with Crippen molar-refractivity contribution >= 4 is 11.7 Å². The average molecular weight is 343 g/mol. The summed E-state index contributed by atoms with van der Waals surface area (Å²) in [6, 6.07) is 13.7. The Balaban J connectivity index is 1.43. The molecule has 0 aromatic heterocycles. The Morgan fingerprint density at radius 2 is 1.88 bits per heavy atom. The summed E-state index contributed by atoms with van der Waals surface area (Å²) in [6.07, 6.45) is 0.279. The normalized spacial score (nSPS) is 15.3. The Kier molecular flexibility index (Phi) is 5.63. The van der Waals surface area contributed by atoms with Crippen LogP contribution in [0.3, 0.4) is 0 Å². The number of carbonyl (C=O) groups is 1. The first kappa shape index (κ1) is 17.4. The lowest BCUT2D eigenvalue weighted by Crippen LogP contribution is -2.43. The molecule has 0 radical (unpaired) electrons. The van der Waals surface area contributed by atoms with E-state index in [1.807, 2.05) is 12.1 Å². The Labute approximate surface area is 146 Å². The molecule has 2 aromatic rings. The summed E-state index contributed by atoms with van der Waals surface area (Å²) < 4.78 is 13.5. The molecule has 0 aliphatic carbocycles. The first-order valence-electron chi connectivity index (χ1n) is 8.38. The smallest absolute Gasteiger partial charge is 0.319 e. The van der Waals surface area contributed by atoms with Gasteiger partial charge in [0.1, 0.15) is 5.82 Å². The fraction of sp³-hybridized carbons (Fsp3) is 0.316. The predicted molar refractivity (Wildman–Crippen MR) is 94.9 cm³/mol. The van der Waals surface area contributed by atoms with Gasteiger partial charge in [0.25, 0.3) is 0 Å². The second-order valence-corrected chi connectivity index (χ2v) is 6.22. The molecule has 2 amide bonds. The van der Waals surface area contributed by atoms with Crippen LogP contribution in [0.2, 0.25) is 0 Å². The van der Waals surface area contributed by atoms with E-state index in [9.17, 15) is 14.3 Å². The van der Waals surface area contributed by atoms with Gasteiger partial charge < -0.3 is 15.7 Å². The van der Waals surface area contributed by atoms with Crippen molar-refractivity contribution in [3.05, 3.63) is 65.5 Å². The van der Waals surface area contributed by atoms with E-state index in [0.717, 1.165) is 19.5 Å². The number of benzene rings is 2. The summed E-state index contributed by atoms with van der Waals surface area (Å²) in [7, 11) is 0. The van der Waals surface area contributed by atoms with E-state index in [-0.39, 0.29) is 12.2 Å². The zero-order valence-corrected chi connectivity index (χ0v) is 13.9. The number of aliphatic hydroxyl groups excluding tert-OH is 1. The van der Waals surface area contributed by atoms with Crippen molar-refractivity contribution in [1.29, 1.82) is 0 Å². The van der Waals surface area contributed by atoms with Crippen molar-refractivity contribution in [2.24, 2.45) is 0 Å². The van der Waals surface area contributed by atoms with Crippen LogP contribution in [0.1, 0.15) is 11.1 Å². The number of para-hydroxylation sites is 1. The molecule has 0 spiro atoms. The molecule has 1 atom stereocenters. The number of carbonyl (C=O) groups excluding carboxylic acids is 1. The van der Waals surface area contributed by atoms with Gasteiger partial charge in [-0.25, -0.2) is 9.18 Å². The third-order valence-corrected chi connectivity index (χ3v) is 4.30. The van der Waals surface area contributed by atoms with Gasteiger partial charge in [-0.2, -0.15) is 0 Å². The van der Waals surface area contributed by atoms with Crippen LogP contribution >= 0.6 is 0 Å². The van der Waals surface area contributed by atoms with Gasteiger partial charge in [-0.1, -0.05) is 36.4 Å². The van der Waals surface area contributed by atoms with Crippen molar-refractivity contribution < 1.29 is 14.3 Å². The van der Waals surface area contributed by atoms with E-state index in [1.165, 1.54) is 23.3 Å². The largest absolute Gasteiger partial charge is 0.390 e. The quantitative estimate of drug-likeness (QED) is 0.781. The highest BCUT2D eigenvalue weighted by Gasteiger charge is 2.18. The highest BCUT2D eigenvalue weighted by Crippen LogP contribution is 2.18. The molecule has 0 unspecified atom stereocenters. The molecule has 132 valence electrons. The average Bonchev–Trinajstić information content (AvgIpc) is 2.62. The van der Waals surface area contributed by atoms with Gasteiger partial charge in [-0.05, 0) is 29.7 Å². The number of nitrogens with zero attached hydrogens (tertiary/aromatic N) is 1. The number of hydrogen-bond donors (Lipinski definition) is 3. The third-order valence-electron chi connectivity index (χ3n) is 4.30. The van der Waals surface area contributed by atoms with Crippen molar-refractivity contribution in [2.75, 3.05) is 25.0 Å². The first-order valence-corrected chi connectivity index (χ1v) is 8.38. The zero-order chi connectivity index (χ0) is 17.6. The molecule has 0 saturated heterocycles. The van der Waals surface area contributed by atoms with E-state index in [1.54, 1.807) is 12.1 Å². The second-order valence-electron chi connectivity index (χ2n) is 6.22. The molecule has 0 saturated carbocycles. The number of β-amino-alcohol motifs (C(OH)–C–C–N with tert-alkyl or cyclic N) is 1. The van der Waals surface area contributed by atoms with E-state index in [0.29, 0.717) is 6.54 Å². The third kappa shape index (κ3) is 4.78. The number of anilines is 1. The summed E-state index contributed by atoms with van der Waals surface area (Å²) >= 11 is 0. The zero-order valence-electron chi connectivity index (χ0n) is 13.9. The molecule has 1 aliphatic rings. The Hall–Kier alpha value is -2.44. The van der Waals surface area contributed by atoms with Crippen LogP contribution in [0.5, 0.6) is 0 Å². The van der Waals surface area contributed by atoms with Gasteiger partial charge in [0.05, 0.1) is 11.8 Å². The topological polar surface area (TPSA) is 64.6 Å². The van der Waals surface area contributed by atoms with Crippen LogP contribution in [0, 0.1) is 5.82 Å². The highest BCUT2D eigenvalue weighted by molar-refractivity contribution is 5.89. The van der Waals surface area contributed by atoms with Gasteiger partial charge in [0.2, 0.25) is 0 Å². The summed E-state index contributed by atoms with van der Waals surface area (Å²) in [6.45, 7) is 2.27. The monoisotopic (exact) mass is 343 g/mol. The number of amides is 2. The maximum absolute atomic E-state index is 13.5. The summed E-state index contributed by atoms with van der Waals surface area (Å²) in [5.74, 6) is -0.495. The number of fused-ring (bicyclic) bond motifs is 1. The van der Waals surface area contributed by atoms with Gasteiger partial charge >= 0.3 is 6.03 Å². The summed E-state index contributed by atoms with van der Waals surface area (Å²) in [4.78, 5) is 14.0. The number of aliphatic hydroxyl groups is 1. The Morgan fingerprint density at radius 1 is 1.16 bits per heavy atom. The first-order chi connectivity index (χ1) is 12.1. The fourth-order valence-corrected chi connectivity index (χ4v) is 3.01. The molecule has 1 heterocycles. The van der Waals surface area contributed by atoms with Crippen LogP contribution in [0.25, 0.3) is 0 Å². The van der Waals surface area contributed by atoms with Gasteiger partial charge in [-0.3, -0.25) is 4.90 Å².